The predicted octanol–water partition coefficient (Wildman–Crippen LogP) is -0.541. The van der Waals surface area contributed by atoms with E-state index in [9.17, 15) is 8.42 Å². The highest BCUT2D eigenvalue weighted by molar-refractivity contribution is 7.87. The number of hydrogen-bond donors (Lipinski definition) is 2. The average molecular weight is 288 g/mol. The summed E-state index contributed by atoms with van der Waals surface area (Å²) in [5, 5.41) is 9.04. The van der Waals surface area contributed by atoms with Gasteiger partial charge in [-0.3, -0.25) is 0 Å². The Labute approximate surface area is 113 Å². The van der Waals surface area contributed by atoms with Crippen LogP contribution in [0, 0.1) is 5.92 Å². The molecule has 0 unspecified atom stereocenters. The number of nitrogens with zero attached hydrogens (tertiary/aromatic N) is 3. The monoisotopic (exact) mass is 288 g/mol. The molecule has 0 amide bonds. The van der Waals surface area contributed by atoms with E-state index in [0.29, 0.717) is 31.8 Å². The van der Waals surface area contributed by atoms with Crippen LogP contribution in [0.2, 0.25) is 0 Å². The third kappa shape index (κ3) is 3.53. The second kappa shape index (κ2) is 6.00. The SMILES string of the molecule is Cn1ccnc1CNS(=O)(=O)N1CCC(CO)CC1. The van der Waals surface area contributed by atoms with Crippen molar-refractivity contribution in [1.29, 1.82) is 0 Å². The van der Waals surface area contributed by atoms with Crippen molar-refractivity contribution in [2.45, 2.75) is 19.4 Å². The van der Waals surface area contributed by atoms with E-state index < -0.39 is 10.2 Å². The third-order valence-electron chi connectivity index (χ3n) is 3.51. The summed E-state index contributed by atoms with van der Waals surface area (Å²) >= 11 is 0. The first kappa shape index (κ1) is 14.4. The van der Waals surface area contributed by atoms with Crippen LogP contribution in [0.5, 0.6) is 0 Å². The zero-order valence-corrected chi connectivity index (χ0v) is 11.8. The molecule has 0 spiro atoms. The quantitative estimate of drug-likeness (QED) is 0.761. The van der Waals surface area contributed by atoms with Crippen molar-refractivity contribution in [2.24, 2.45) is 13.0 Å². The molecule has 2 N–H and O–H groups in total. The Morgan fingerprint density at radius 3 is 2.68 bits per heavy atom. The fraction of sp³-hybridized carbons (Fsp3) is 0.727. The van der Waals surface area contributed by atoms with Gasteiger partial charge in [0.15, 0.2) is 0 Å². The topological polar surface area (TPSA) is 87.5 Å². The average Bonchev–Trinajstić information content (AvgIpc) is 2.82. The smallest absolute Gasteiger partial charge is 0.279 e. The maximum absolute atomic E-state index is 12.1. The first-order chi connectivity index (χ1) is 9.03. The van der Waals surface area contributed by atoms with Crippen molar-refractivity contribution in [3.05, 3.63) is 18.2 Å². The second-order valence-electron chi connectivity index (χ2n) is 4.81. The van der Waals surface area contributed by atoms with Crippen LogP contribution >= 0.6 is 0 Å². The lowest BCUT2D eigenvalue weighted by atomic mass is 10.00. The van der Waals surface area contributed by atoms with Gasteiger partial charge in [-0.15, -0.1) is 0 Å². The molecule has 1 fully saturated rings. The largest absolute Gasteiger partial charge is 0.396 e. The van der Waals surface area contributed by atoms with Crippen molar-refractivity contribution in [1.82, 2.24) is 18.6 Å². The van der Waals surface area contributed by atoms with Gasteiger partial charge in [0, 0.05) is 39.1 Å². The normalized spacial score (nSPS) is 18.8. The fourth-order valence-corrected chi connectivity index (χ4v) is 3.33. The Balaban J connectivity index is 1.90. The Morgan fingerprint density at radius 2 is 2.16 bits per heavy atom. The summed E-state index contributed by atoms with van der Waals surface area (Å²) in [6.45, 7) is 1.24. The standard InChI is InChI=1S/C11H20N4O3S/c1-14-7-4-12-11(14)8-13-19(17,18)15-5-2-10(9-16)3-6-15/h4,7,10,13,16H,2-3,5-6,8-9H2,1H3. The van der Waals surface area contributed by atoms with Gasteiger partial charge in [-0.1, -0.05) is 0 Å². The van der Waals surface area contributed by atoms with Gasteiger partial charge in [-0.25, -0.2) is 4.98 Å². The summed E-state index contributed by atoms with van der Waals surface area (Å²) in [5.74, 6) is 0.898. The Hall–Kier alpha value is -0.960. The lowest BCUT2D eigenvalue weighted by molar-refractivity contribution is 0.169. The molecule has 0 saturated carbocycles. The molecule has 19 heavy (non-hydrogen) atoms. The highest BCUT2D eigenvalue weighted by Gasteiger charge is 2.27. The lowest BCUT2D eigenvalue weighted by Gasteiger charge is -2.30. The van der Waals surface area contributed by atoms with Crippen molar-refractivity contribution in [3.8, 4) is 0 Å². The molecule has 7 nitrogen and oxygen atoms in total. The zero-order valence-electron chi connectivity index (χ0n) is 11.0. The third-order valence-corrected chi connectivity index (χ3v) is 5.06. The Morgan fingerprint density at radius 1 is 1.47 bits per heavy atom. The first-order valence-electron chi connectivity index (χ1n) is 6.34. The van der Waals surface area contributed by atoms with Gasteiger partial charge in [0.05, 0.1) is 6.54 Å². The van der Waals surface area contributed by atoms with E-state index in [4.69, 9.17) is 5.11 Å². The minimum Gasteiger partial charge on any atom is -0.396 e. The van der Waals surface area contributed by atoms with Crippen molar-refractivity contribution < 1.29 is 13.5 Å². The van der Waals surface area contributed by atoms with Crippen LogP contribution < -0.4 is 4.72 Å². The number of rotatable bonds is 5. The molecule has 2 heterocycles. The molecule has 1 aromatic rings. The minimum atomic E-state index is -3.46. The summed E-state index contributed by atoms with van der Waals surface area (Å²) in [6.07, 6.45) is 4.83. The lowest BCUT2D eigenvalue weighted by Crippen LogP contribution is -2.45. The molecule has 0 aliphatic carbocycles. The molecule has 0 bridgehead atoms. The van der Waals surface area contributed by atoms with Crippen LogP contribution in [0.4, 0.5) is 0 Å². The van der Waals surface area contributed by atoms with E-state index in [1.807, 2.05) is 7.05 Å². The summed E-state index contributed by atoms with van der Waals surface area (Å²) < 4.78 is 30.0. The van der Waals surface area contributed by atoms with Gasteiger partial charge in [-0.05, 0) is 18.8 Å². The first-order valence-corrected chi connectivity index (χ1v) is 7.78. The molecule has 1 aromatic heterocycles. The van der Waals surface area contributed by atoms with Crippen LogP contribution in [0.25, 0.3) is 0 Å². The molecule has 1 saturated heterocycles. The number of aryl methyl sites for hydroxylation is 1. The van der Waals surface area contributed by atoms with Crippen LogP contribution in [0.1, 0.15) is 18.7 Å². The van der Waals surface area contributed by atoms with E-state index in [1.54, 1.807) is 17.0 Å². The Bertz CT molecular complexity index is 506. The molecule has 0 radical (unpaired) electrons. The molecule has 0 atom stereocenters. The predicted molar refractivity (Wildman–Crippen MR) is 70.4 cm³/mol. The number of hydrogen-bond acceptors (Lipinski definition) is 4. The van der Waals surface area contributed by atoms with Crippen molar-refractivity contribution >= 4 is 10.2 Å². The van der Waals surface area contributed by atoms with Crippen LogP contribution in [0.3, 0.4) is 0 Å². The van der Waals surface area contributed by atoms with Gasteiger partial charge in [0.2, 0.25) is 0 Å². The minimum absolute atomic E-state index is 0.134. The summed E-state index contributed by atoms with van der Waals surface area (Å²) in [5.41, 5.74) is 0. The van der Waals surface area contributed by atoms with Crippen LogP contribution in [-0.4, -0.2) is 47.1 Å². The van der Waals surface area contributed by atoms with Gasteiger partial charge in [-0.2, -0.15) is 17.4 Å². The zero-order chi connectivity index (χ0) is 13.9. The summed E-state index contributed by atoms with van der Waals surface area (Å²) in [4.78, 5) is 4.07. The van der Waals surface area contributed by atoms with E-state index in [1.165, 1.54) is 4.31 Å². The van der Waals surface area contributed by atoms with E-state index in [-0.39, 0.29) is 19.1 Å². The number of imidazole rings is 1. The second-order valence-corrected chi connectivity index (χ2v) is 6.56. The Kier molecular flexibility index (Phi) is 4.56. The highest BCUT2D eigenvalue weighted by Crippen LogP contribution is 2.18. The molecule has 1 aliphatic rings. The molecule has 108 valence electrons. The van der Waals surface area contributed by atoms with Crippen LogP contribution in [0.15, 0.2) is 12.4 Å². The van der Waals surface area contributed by atoms with Gasteiger partial charge in [0.25, 0.3) is 10.2 Å². The van der Waals surface area contributed by atoms with Crippen LogP contribution in [-0.2, 0) is 23.8 Å². The highest BCUT2D eigenvalue weighted by atomic mass is 32.2. The number of aromatic nitrogens is 2. The van der Waals surface area contributed by atoms with Crippen molar-refractivity contribution in [3.63, 3.8) is 0 Å². The van der Waals surface area contributed by atoms with E-state index in [2.05, 4.69) is 9.71 Å². The van der Waals surface area contributed by atoms with Crippen molar-refractivity contribution in [2.75, 3.05) is 19.7 Å². The van der Waals surface area contributed by atoms with Gasteiger partial charge < -0.3 is 9.67 Å². The number of aliphatic hydroxyl groups excluding tert-OH is 1. The summed E-state index contributed by atoms with van der Waals surface area (Å²) in [6, 6.07) is 0. The van der Waals surface area contributed by atoms with Gasteiger partial charge in [0.1, 0.15) is 5.82 Å². The molecular weight excluding hydrogens is 268 g/mol. The van der Waals surface area contributed by atoms with E-state index >= 15 is 0 Å². The molecule has 2 rings (SSSR count). The molecule has 0 aromatic carbocycles. The number of piperidine rings is 1. The summed E-state index contributed by atoms with van der Waals surface area (Å²) in [7, 11) is -1.64. The van der Waals surface area contributed by atoms with E-state index in [0.717, 1.165) is 0 Å². The number of nitrogens with one attached hydrogen (secondary N) is 1. The molecule has 8 heteroatoms. The number of aliphatic hydroxyl groups is 1. The fourth-order valence-electron chi connectivity index (χ4n) is 2.15. The maximum Gasteiger partial charge on any atom is 0.279 e. The maximum atomic E-state index is 12.1. The molecule has 1 aliphatic heterocycles. The van der Waals surface area contributed by atoms with Gasteiger partial charge >= 0.3 is 0 Å². The molecular formula is C11H20N4O3S.